The highest BCUT2D eigenvalue weighted by Gasteiger charge is 2.20. The molecule has 0 radical (unpaired) electrons. The summed E-state index contributed by atoms with van der Waals surface area (Å²) in [5, 5.41) is 12.5. The molecule has 0 aliphatic rings. The van der Waals surface area contributed by atoms with E-state index in [1.807, 2.05) is 11.6 Å². The van der Waals surface area contributed by atoms with Crippen molar-refractivity contribution in [2.24, 2.45) is 12.2 Å². The molecule has 1 heterocycles. The fourth-order valence-electron chi connectivity index (χ4n) is 3.09. The summed E-state index contributed by atoms with van der Waals surface area (Å²) in [7, 11) is 2.26. The number of anilines is 1. The predicted molar refractivity (Wildman–Crippen MR) is 109 cm³/mol. The van der Waals surface area contributed by atoms with Gasteiger partial charge >= 0.3 is 0 Å². The molecule has 3 rings (SSSR count). The van der Waals surface area contributed by atoms with Crippen molar-refractivity contribution in [3.63, 3.8) is 0 Å². The number of nitrogens with zero attached hydrogens (tertiary/aromatic N) is 2. The first kappa shape index (κ1) is 20.3. The SMILES string of the molecule is COc1cc(NS(=O)(=O)c2ccc3c(c2)c(/C=N\O)cn3C)cc(OC)c1OC. The van der Waals surface area contributed by atoms with E-state index in [2.05, 4.69) is 9.88 Å². The average molecular weight is 419 g/mol. The van der Waals surface area contributed by atoms with Crippen LogP contribution in [0.5, 0.6) is 17.2 Å². The number of benzene rings is 2. The zero-order valence-corrected chi connectivity index (χ0v) is 17.1. The van der Waals surface area contributed by atoms with E-state index in [0.29, 0.717) is 28.2 Å². The second-order valence-electron chi connectivity index (χ2n) is 6.14. The van der Waals surface area contributed by atoms with Crippen LogP contribution < -0.4 is 18.9 Å². The van der Waals surface area contributed by atoms with Crippen LogP contribution in [0.2, 0.25) is 0 Å². The molecule has 29 heavy (non-hydrogen) atoms. The molecule has 0 saturated carbocycles. The van der Waals surface area contributed by atoms with E-state index in [0.717, 1.165) is 5.52 Å². The van der Waals surface area contributed by atoms with Crippen LogP contribution in [0.4, 0.5) is 5.69 Å². The van der Waals surface area contributed by atoms with Gasteiger partial charge in [-0.3, -0.25) is 4.72 Å². The third kappa shape index (κ3) is 3.79. The quantitative estimate of drug-likeness (QED) is 0.346. The molecule has 3 aromatic rings. The van der Waals surface area contributed by atoms with Crippen molar-refractivity contribution in [2.45, 2.75) is 4.90 Å². The highest BCUT2D eigenvalue weighted by molar-refractivity contribution is 7.92. The predicted octanol–water partition coefficient (Wildman–Crippen LogP) is 2.81. The minimum absolute atomic E-state index is 0.0533. The smallest absolute Gasteiger partial charge is 0.261 e. The van der Waals surface area contributed by atoms with Gasteiger partial charge in [0.1, 0.15) is 0 Å². The summed E-state index contributed by atoms with van der Waals surface area (Å²) in [5.74, 6) is 1.01. The summed E-state index contributed by atoms with van der Waals surface area (Å²) in [4.78, 5) is 0.0533. The fraction of sp³-hybridized carbons (Fsp3) is 0.211. The summed E-state index contributed by atoms with van der Waals surface area (Å²) in [6, 6.07) is 7.72. The molecular formula is C19H21N3O6S. The number of sulfonamides is 1. The van der Waals surface area contributed by atoms with Crippen molar-refractivity contribution in [2.75, 3.05) is 26.1 Å². The molecule has 0 aliphatic heterocycles. The number of rotatable bonds is 7. The van der Waals surface area contributed by atoms with Gasteiger partial charge in [-0.15, -0.1) is 0 Å². The van der Waals surface area contributed by atoms with Gasteiger partial charge in [-0.05, 0) is 18.2 Å². The standard InChI is InChI=1S/C19H21N3O6S/c1-22-11-12(10-20-23)15-9-14(5-6-16(15)22)29(24,25)21-13-7-17(26-2)19(28-4)18(8-13)27-3/h5-11,21,23H,1-4H3/b20-10-. The Morgan fingerprint density at radius 2 is 1.72 bits per heavy atom. The number of aromatic nitrogens is 1. The molecule has 0 fully saturated rings. The highest BCUT2D eigenvalue weighted by atomic mass is 32.2. The Labute approximate surface area is 168 Å². The van der Waals surface area contributed by atoms with Gasteiger partial charge in [0.15, 0.2) is 11.5 Å². The Bertz CT molecular complexity index is 1160. The molecular weight excluding hydrogens is 398 g/mol. The van der Waals surface area contributed by atoms with E-state index in [1.165, 1.54) is 51.8 Å². The molecule has 0 atom stereocenters. The number of ether oxygens (including phenoxy) is 3. The Balaban J connectivity index is 2.05. The van der Waals surface area contributed by atoms with Gasteiger partial charge in [-0.2, -0.15) is 0 Å². The van der Waals surface area contributed by atoms with Crippen LogP contribution in [0.1, 0.15) is 5.56 Å². The third-order valence-electron chi connectivity index (χ3n) is 4.42. The second kappa shape index (κ2) is 7.92. The van der Waals surface area contributed by atoms with Gasteiger partial charge in [-0.25, -0.2) is 8.42 Å². The van der Waals surface area contributed by atoms with Crippen LogP contribution in [-0.2, 0) is 17.1 Å². The number of hydrogen-bond acceptors (Lipinski definition) is 7. The van der Waals surface area contributed by atoms with Gasteiger partial charge in [0.2, 0.25) is 5.75 Å². The monoisotopic (exact) mass is 419 g/mol. The summed E-state index contributed by atoms with van der Waals surface area (Å²) < 4.78 is 46.0. The lowest BCUT2D eigenvalue weighted by atomic mass is 10.2. The maximum Gasteiger partial charge on any atom is 0.261 e. The van der Waals surface area contributed by atoms with E-state index < -0.39 is 10.0 Å². The molecule has 10 heteroatoms. The van der Waals surface area contributed by atoms with Gasteiger partial charge in [0.05, 0.1) is 38.1 Å². The Hall–Kier alpha value is -3.40. The van der Waals surface area contributed by atoms with E-state index in [-0.39, 0.29) is 10.6 Å². The number of hydrogen-bond donors (Lipinski definition) is 2. The highest BCUT2D eigenvalue weighted by Crippen LogP contribution is 2.40. The Morgan fingerprint density at radius 1 is 1.07 bits per heavy atom. The number of aryl methyl sites for hydroxylation is 1. The maximum atomic E-state index is 13.0. The van der Waals surface area contributed by atoms with Crippen LogP contribution in [0.25, 0.3) is 10.9 Å². The molecule has 0 unspecified atom stereocenters. The van der Waals surface area contributed by atoms with Crippen molar-refractivity contribution < 1.29 is 27.8 Å². The van der Waals surface area contributed by atoms with Crippen LogP contribution >= 0.6 is 0 Å². The summed E-state index contributed by atoms with van der Waals surface area (Å²) in [6.07, 6.45) is 3.00. The van der Waals surface area contributed by atoms with Gasteiger partial charge < -0.3 is 24.0 Å². The number of nitrogens with one attached hydrogen (secondary N) is 1. The minimum atomic E-state index is -3.91. The number of fused-ring (bicyclic) bond motifs is 1. The molecule has 0 spiro atoms. The van der Waals surface area contributed by atoms with E-state index in [4.69, 9.17) is 19.4 Å². The summed E-state index contributed by atoms with van der Waals surface area (Å²) in [5.41, 5.74) is 1.64. The topological polar surface area (TPSA) is 111 Å². The lowest BCUT2D eigenvalue weighted by Gasteiger charge is -2.15. The second-order valence-corrected chi connectivity index (χ2v) is 7.82. The summed E-state index contributed by atoms with van der Waals surface area (Å²) in [6.45, 7) is 0. The largest absolute Gasteiger partial charge is 0.493 e. The van der Waals surface area contributed by atoms with Gasteiger partial charge in [-0.1, -0.05) is 5.16 Å². The zero-order valence-electron chi connectivity index (χ0n) is 16.3. The maximum absolute atomic E-state index is 13.0. The van der Waals surface area contributed by atoms with Crippen molar-refractivity contribution in [1.82, 2.24) is 4.57 Å². The molecule has 9 nitrogen and oxygen atoms in total. The first-order valence-electron chi connectivity index (χ1n) is 8.44. The van der Waals surface area contributed by atoms with Gasteiger partial charge in [0.25, 0.3) is 10.0 Å². The molecule has 0 amide bonds. The number of methoxy groups -OCH3 is 3. The minimum Gasteiger partial charge on any atom is -0.493 e. The zero-order chi connectivity index (χ0) is 21.2. The molecule has 154 valence electrons. The third-order valence-corrected chi connectivity index (χ3v) is 5.79. The lowest BCUT2D eigenvalue weighted by Crippen LogP contribution is -2.13. The van der Waals surface area contributed by atoms with Crippen molar-refractivity contribution >= 4 is 32.8 Å². The number of oxime groups is 1. The average Bonchev–Trinajstić information content (AvgIpc) is 3.02. The summed E-state index contributed by atoms with van der Waals surface area (Å²) >= 11 is 0. The first-order chi connectivity index (χ1) is 13.8. The van der Waals surface area contributed by atoms with Crippen LogP contribution in [0.15, 0.2) is 46.6 Å². The van der Waals surface area contributed by atoms with Crippen molar-refractivity contribution in [1.29, 1.82) is 0 Å². The fourth-order valence-corrected chi connectivity index (χ4v) is 4.15. The molecule has 2 N–H and O–H groups in total. The Kier molecular flexibility index (Phi) is 5.55. The van der Waals surface area contributed by atoms with Gasteiger partial charge in [0, 0.05) is 41.8 Å². The lowest BCUT2D eigenvalue weighted by molar-refractivity contribution is 0.322. The van der Waals surface area contributed by atoms with Crippen molar-refractivity contribution in [3.05, 3.63) is 42.1 Å². The van der Waals surface area contributed by atoms with Crippen LogP contribution in [0, 0.1) is 0 Å². The molecule has 0 bridgehead atoms. The van der Waals surface area contributed by atoms with E-state index in [1.54, 1.807) is 12.3 Å². The first-order valence-corrected chi connectivity index (χ1v) is 9.92. The molecule has 2 aromatic carbocycles. The van der Waals surface area contributed by atoms with Crippen LogP contribution in [0.3, 0.4) is 0 Å². The van der Waals surface area contributed by atoms with E-state index >= 15 is 0 Å². The van der Waals surface area contributed by atoms with Crippen LogP contribution in [-0.4, -0.2) is 45.7 Å². The normalized spacial score (nSPS) is 11.7. The molecule has 1 aromatic heterocycles. The molecule has 0 aliphatic carbocycles. The van der Waals surface area contributed by atoms with E-state index in [9.17, 15) is 8.42 Å². The van der Waals surface area contributed by atoms with Crippen molar-refractivity contribution in [3.8, 4) is 17.2 Å². The Morgan fingerprint density at radius 3 is 2.28 bits per heavy atom. The molecule has 0 saturated heterocycles.